The molecule has 0 amide bonds. The molecule has 0 saturated heterocycles. The molecule has 0 atom stereocenters. The molecule has 0 fully saturated rings. The first-order chi connectivity index (χ1) is 5.15. The standard InChI is InChI=1S/C6H5ClN2O2/c7-5-1-4(8)3(2-10)6(11)9-5/h1-2H,(H3,8,9,11). The minimum absolute atomic E-state index is 0.0885. The molecule has 0 aliphatic heterocycles. The zero-order valence-corrected chi connectivity index (χ0v) is 6.18. The number of halogens is 1. The van der Waals surface area contributed by atoms with E-state index in [2.05, 4.69) is 4.98 Å². The second-order valence-electron chi connectivity index (χ2n) is 1.93. The van der Waals surface area contributed by atoms with Gasteiger partial charge in [-0.3, -0.25) is 9.59 Å². The number of hydrogen-bond acceptors (Lipinski definition) is 3. The number of nitrogens with two attached hydrogens (primary N) is 1. The summed E-state index contributed by atoms with van der Waals surface area (Å²) in [5.41, 5.74) is 4.74. The molecule has 3 N–H and O–H groups in total. The Morgan fingerprint density at radius 2 is 2.27 bits per heavy atom. The molecule has 1 heterocycles. The molecule has 0 saturated carbocycles. The van der Waals surface area contributed by atoms with E-state index in [9.17, 15) is 9.59 Å². The minimum Gasteiger partial charge on any atom is -0.398 e. The monoisotopic (exact) mass is 172 g/mol. The van der Waals surface area contributed by atoms with Crippen molar-refractivity contribution in [2.45, 2.75) is 0 Å². The van der Waals surface area contributed by atoms with Crippen molar-refractivity contribution in [3.8, 4) is 0 Å². The molecule has 0 aromatic carbocycles. The van der Waals surface area contributed by atoms with E-state index in [0.717, 1.165) is 0 Å². The van der Waals surface area contributed by atoms with Gasteiger partial charge in [0.05, 0.1) is 5.69 Å². The Kier molecular flexibility index (Phi) is 1.96. The lowest BCUT2D eigenvalue weighted by molar-refractivity contribution is 0.112. The van der Waals surface area contributed by atoms with Crippen LogP contribution >= 0.6 is 11.6 Å². The van der Waals surface area contributed by atoms with Crippen molar-refractivity contribution in [2.75, 3.05) is 5.73 Å². The van der Waals surface area contributed by atoms with Crippen LogP contribution < -0.4 is 11.3 Å². The largest absolute Gasteiger partial charge is 0.398 e. The summed E-state index contributed by atoms with van der Waals surface area (Å²) in [6.45, 7) is 0. The smallest absolute Gasteiger partial charge is 0.261 e. The van der Waals surface area contributed by atoms with E-state index in [1.165, 1.54) is 6.07 Å². The van der Waals surface area contributed by atoms with Crippen molar-refractivity contribution in [3.05, 3.63) is 27.1 Å². The van der Waals surface area contributed by atoms with Crippen LogP contribution in [0.4, 0.5) is 5.69 Å². The number of carbonyl (C=O) groups is 1. The summed E-state index contributed by atoms with van der Waals surface area (Å²) < 4.78 is 0. The second kappa shape index (κ2) is 2.75. The van der Waals surface area contributed by atoms with Gasteiger partial charge in [-0.05, 0) is 6.07 Å². The summed E-state index contributed by atoms with van der Waals surface area (Å²) in [5.74, 6) is 0. The molecule has 0 spiro atoms. The summed E-state index contributed by atoms with van der Waals surface area (Å²) in [7, 11) is 0. The third-order valence-electron chi connectivity index (χ3n) is 1.19. The maximum absolute atomic E-state index is 10.8. The number of aromatic amines is 1. The molecule has 4 nitrogen and oxygen atoms in total. The number of carbonyl (C=O) groups excluding carboxylic acids is 1. The molecule has 0 radical (unpaired) electrons. The fourth-order valence-electron chi connectivity index (χ4n) is 0.679. The van der Waals surface area contributed by atoms with Crippen molar-refractivity contribution in [1.29, 1.82) is 0 Å². The molecule has 58 valence electrons. The van der Waals surface area contributed by atoms with E-state index in [4.69, 9.17) is 17.3 Å². The first kappa shape index (κ1) is 7.81. The van der Waals surface area contributed by atoms with E-state index < -0.39 is 5.56 Å². The van der Waals surface area contributed by atoms with Gasteiger partial charge in [0.2, 0.25) is 0 Å². The van der Waals surface area contributed by atoms with Gasteiger partial charge in [-0.25, -0.2) is 0 Å². The quantitative estimate of drug-likeness (QED) is 0.476. The topological polar surface area (TPSA) is 76.0 Å². The fourth-order valence-corrected chi connectivity index (χ4v) is 0.882. The van der Waals surface area contributed by atoms with Gasteiger partial charge in [0, 0.05) is 0 Å². The van der Waals surface area contributed by atoms with E-state index in [1.54, 1.807) is 0 Å². The minimum atomic E-state index is -0.565. The van der Waals surface area contributed by atoms with Gasteiger partial charge in [-0.1, -0.05) is 11.6 Å². The molecule has 0 aliphatic carbocycles. The third kappa shape index (κ3) is 1.40. The van der Waals surface area contributed by atoms with Crippen LogP contribution in [0.25, 0.3) is 0 Å². The number of H-pyrrole nitrogens is 1. The number of hydrogen-bond donors (Lipinski definition) is 2. The molecule has 5 heteroatoms. The van der Waals surface area contributed by atoms with Crippen LogP contribution in [0, 0.1) is 0 Å². The summed E-state index contributed by atoms with van der Waals surface area (Å²) in [5, 5.41) is 0.123. The predicted molar refractivity (Wildman–Crippen MR) is 41.9 cm³/mol. The highest BCUT2D eigenvalue weighted by Gasteiger charge is 2.03. The van der Waals surface area contributed by atoms with E-state index >= 15 is 0 Å². The lowest BCUT2D eigenvalue weighted by atomic mass is 10.2. The Morgan fingerprint density at radius 1 is 1.64 bits per heavy atom. The van der Waals surface area contributed by atoms with Gasteiger partial charge >= 0.3 is 0 Å². The first-order valence-corrected chi connectivity index (χ1v) is 3.16. The third-order valence-corrected chi connectivity index (χ3v) is 1.39. The van der Waals surface area contributed by atoms with E-state index in [-0.39, 0.29) is 16.4 Å². The van der Waals surface area contributed by atoms with Crippen molar-refractivity contribution < 1.29 is 4.79 Å². The zero-order valence-electron chi connectivity index (χ0n) is 5.43. The summed E-state index contributed by atoms with van der Waals surface area (Å²) >= 11 is 5.43. The van der Waals surface area contributed by atoms with E-state index in [0.29, 0.717) is 6.29 Å². The van der Waals surface area contributed by atoms with Gasteiger partial charge in [0.25, 0.3) is 5.56 Å². The molecule has 1 aromatic rings. The predicted octanol–water partition coefficient (Wildman–Crippen LogP) is 0.423. The molecule has 1 rings (SSSR count). The number of anilines is 1. The van der Waals surface area contributed by atoms with Crippen molar-refractivity contribution in [3.63, 3.8) is 0 Å². The Morgan fingerprint density at radius 3 is 2.73 bits per heavy atom. The maximum atomic E-state index is 10.8. The van der Waals surface area contributed by atoms with Crippen molar-refractivity contribution in [2.24, 2.45) is 0 Å². The number of pyridine rings is 1. The fraction of sp³-hybridized carbons (Fsp3) is 0. The Labute approximate surface area is 67.0 Å². The van der Waals surface area contributed by atoms with Crippen LogP contribution in [0.1, 0.15) is 10.4 Å². The van der Waals surface area contributed by atoms with Crippen LogP contribution in [0.5, 0.6) is 0 Å². The highest BCUT2D eigenvalue weighted by Crippen LogP contribution is 2.08. The summed E-state index contributed by atoms with van der Waals surface area (Å²) in [6, 6.07) is 1.31. The molecule has 0 unspecified atom stereocenters. The highest BCUT2D eigenvalue weighted by atomic mass is 35.5. The number of rotatable bonds is 1. The molecule has 1 aromatic heterocycles. The van der Waals surface area contributed by atoms with E-state index in [1.807, 2.05) is 0 Å². The Hall–Kier alpha value is -1.29. The number of nitrogen functional groups attached to an aromatic ring is 1. The van der Waals surface area contributed by atoms with Gasteiger partial charge < -0.3 is 10.7 Å². The van der Waals surface area contributed by atoms with Gasteiger partial charge in [0.15, 0.2) is 6.29 Å². The summed E-state index contributed by atoms with van der Waals surface area (Å²) in [6.07, 6.45) is 0.393. The second-order valence-corrected chi connectivity index (χ2v) is 2.34. The lowest BCUT2D eigenvalue weighted by Crippen LogP contribution is -2.14. The van der Waals surface area contributed by atoms with Crippen molar-refractivity contribution >= 4 is 23.6 Å². The average molecular weight is 173 g/mol. The molecule has 11 heavy (non-hydrogen) atoms. The highest BCUT2D eigenvalue weighted by molar-refractivity contribution is 6.29. The van der Waals surface area contributed by atoms with Gasteiger partial charge in [-0.15, -0.1) is 0 Å². The van der Waals surface area contributed by atoms with Gasteiger partial charge in [-0.2, -0.15) is 0 Å². The van der Waals surface area contributed by atoms with Crippen molar-refractivity contribution in [1.82, 2.24) is 4.98 Å². The summed E-state index contributed by atoms with van der Waals surface area (Å²) in [4.78, 5) is 23.3. The SMILES string of the molecule is Nc1cc(Cl)[nH]c(=O)c1C=O. The number of aldehydes is 1. The number of nitrogens with one attached hydrogen (secondary N) is 1. The zero-order chi connectivity index (χ0) is 8.43. The first-order valence-electron chi connectivity index (χ1n) is 2.78. The molecular weight excluding hydrogens is 168 g/mol. The Bertz CT molecular complexity index is 345. The van der Waals surface area contributed by atoms with Crippen LogP contribution in [0.15, 0.2) is 10.9 Å². The molecule has 0 aliphatic rings. The van der Waals surface area contributed by atoms with Crippen LogP contribution in [0.3, 0.4) is 0 Å². The Balaban J connectivity index is 3.49. The van der Waals surface area contributed by atoms with Crippen LogP contribution in [0.2, 0.25) is 5.15 Å². The number of aromatic nitrogens is 1. The van der Waals surface area contributed by atoms with Crippen LogP contribution in [-0.4, -0.2) is 11.3 Å². The normalized spacial score (nSPS) is 9.55. The molecule has 0 bridgehead atoms. The van der Waals surface area contributed by atoms with Gasteiger partial charge in [0.1, 0.15) is 10.7 Å². The van der Waals surface area contributed by atoms with Crippen LogP contribution in [-0.2, 0) is 0 Å². The lowest BCUT2D eigenvalue weighted by Gasteiger charge is -1.96. The molecular formula is C6H5ClN2O2. The average Bonchev–Trinajstić information content (AvgIpc) is 1.85. The maximum Gasteiger partial charge on any atom is 0.261 e.